The summed E-state index contributed by atoms with van der Waals surface area (Å²) in [6.45, 7) is 6.82. The van der Waals surface area contributed by atoms with Gasteiger partial charge in [0.1, 0.15) is 0 Å². The molecule has 1 saturated carbocycles. The number of likely N-dealkylation sites (tertiary alicyclic amines) is 1. The molecule has 4 nitrogen and oxygen atoms in total. The third kappa shape index (κ3) is 3.93. The van der Waals surface area contributed by atoms with Crippen LogP contribution in [0.5, 0.6) is 0 Å². The molecule has 2 rings (SSSR count). The summed E-state index contributed by atoms with van der Waals surface area (Å²) >= 11 is 0. The average Bonchev–Trinajstić information content (AvgIpc) is 2.95. The van der Waals surface area contributed by atoms with E-state index in [1.807, 2.05) is 0 Å². The molecule has 1 aliphatic heterocycles. The highest BCUT2D eigenvalue weighted by atomic mass is 16.3. The van der Waals surface area contributed by atoms with Gasteiger partial charge in [-0.2, -0.15) is 0 Å². The predicted molar refractivity (Wildman–Crippen MR) is 75.9 cm³/mol. The lowest BCUT2D eigenvalue weighted by Crippen LogP contribution is -2.48. The molecule has 1 atom stereocenters. The zero-order chi connectivity index (χ0) is 13.9. The van der Waals surface area contributed by atoms with Crippen LogP contribution in [0.2, 0.25) is 0 Å². The van der Waals surface area contributed by atoms with Crippen LogP contribution >= 0.6 is 0 Å². The molecule has 2 fully saturated rings. The maximum Gasteiger partial charge on any atom is 0.237 e. The number of nitrogens with zero attached hydrogens (tertiary/aromatic N) is 1. The zero-order valence-electron chi connectivity index (χ0n) is 12.3. The Hall–Kier alpha value is -0.610. The van der Waals surface area contributed by atoms with Crippen LogP contribution < -0.4 is 5.32 Å². The Morgan fingerprint density at radius 2 is 2.05 bits per heavy atom. The molecule has 1 amide bonds. The molecule has 1 saturated heterocycles. The number of carbonyl (C=O) groups excluding carboxylic acids is 1. The van der Waals surface area contributed by atoms with Gasteiger partial charge in [0, 0.05) is 13.1 Å². The molecule has 4 heteroatoms. The van der Waals surface area contributed by atoms with Crippen molar-refractivity contribution in [1.29, 1.82) is 0 Å². The monoisotopic (exact) mass is 268 g/mol. The van der Waals surface area contributed by atoms with Crippen molar-refractivity contribution in [2.24, 2.45) is 5.92 Å². The summed E-state index contributed by atoms with van der Waals surface area (Å²) in [4.78, 5) is 14.6. The van der Waals surface area contributed by atoms with Gasteiger partial charge in [-0.3, -0.25) is 9.69 Å². The fraction of sp³-hybridized carbons (Fsp3) is 0.933. The highest BCUT2D eigenvalue weighted by Crippen LogP contribution is 2.28. The van der Waals surface area contributed by atoms with E-state index in [1.165, 1.54) is 0 Å². The first-order chi connectivity index (χ1) is 9.00. The average molecular weight is 268 g/mol. The topological polar surface area (TPSA) is 52.6 Å². The summed E-state index contributed by atoms with van der Waals surface area (Å²) in [6.07, 6.45) is 5.87. The van der Waals surface area contributed by atoms with E-state index in [0.29, 0.717) is 12.5 Å². The zero-order valence-corrected chi connectivity index (χ0v) is 12.3. The molecule has 110 valence electrons. The van der Waals surface area contributed by atoms with Gasteiger partial charge in [0.25, 0.3) is 0 Å². The van der Waals surface area contributed by atoms with Crippen LogP contribution in [0.15, 0.2) is 0 Å². The molecule has 0 aromatic carbocycles. The Balaban J connectivity index is 1.81. The number of carbonyl (C=O) groups is 1. The van der Waals surface area contributed by atoms with Crippen molar-refractivity contribution in [1.82, 2.24) is 10.2 Å². The van der Waals surface area contributed by atoms with Gasteiger partial charge in [0.15, 0.2) is 0 Å². The summed E-state index contributed by atoms with van der Waals surface area (Å²) in [5, 5.41) is 13.2. The lowest BCUT2D eigenvalue weighted by atomic mass is 10.0. The molecule has 0 radical (unpaired) electrons. The van der Waals surface area contributed by atoms with Gasteiger partial charge in [-0.05, 0) is 38.1 Å². The number of nitrogens with one attached hydrogen (secondary N) is 1. The molecule has 2 aliphatic rings. The highest BCUT2D eigenvalue weighted by Gasteiger charge is 2.34. The minimum absolute atomic E-state index is 0.0207. The van der Waals surface area contributed by atoms with Crippen LogP contribution in [-0.4, -0.2) is 47.2 Å². The lowest BCUT2D eigenvalue weighted by molar-refractivity contribution is -0.126. The van der Waals surface area contributed by atoms with Crippen LogP contribution in [0.4, 0.5) is 0 Å². The smallest absolute Gasteiger partial charge is 0.237 e. The van der Waals surface area contributed by atoms with Crippen molar-refractivity contribution in [3.63, 3.8) is 0 Å². The Bertz CT molecular complexity index is 311. The van der Waals surface area contributed by atoms with Gasteiger partial charge < -0.3 is 10.4 Å². The first-order valence-electron chi connectivity index (χ1n) is 7.74. The van der Waals surface area contributed by atoms with Gasteiger partial charge in [-0.1, -0.05) is 26.7 Å². The fourth-order valence-corrected chi connectivity index (χ4v) is 3.39. The SMILES string of the molecule is CC(C)CN1CCC[C@@H]1C(=O)NCC1(O)CCCC1. The molecule has 0 unspecified atom stereocenters. The molecule has 0 aromatic heterocycles. The van der Waals surface area contributed by atoms with Crippen LogP contribution in [0.1, 0.15) is 52.4 Å². The van der Waals surface area contributed by atoms with Crippen molar-refractivity contribution in [3.8, 4) is 0 Å². The summed E-state index contributed by atoms with van der Waals surface area (Å²) in [7, 11) is 0. The fourth-order valence-electron chi connectivity index (χ4n) is 3.39. The second-order valence-electron chi connectivity index (χ2n) is 6.70. The summed E-state index contributed by atoms with van der Waals surface area (Å²) in [5.41, 5.74) is -0.642. The van der Waals surface area contributed by atoms with Gasteiger partial charge in [0.2, 0.25) is 5.91 Å². The number of rotatable bonds is 5. The quantitative estimate of drug-likeness (QED) is 0.795. The predicted octanol–water partition coefficient (Wildman–Crippen LogP) is 1.53. The molecular formula is C15H28N2O2. The minimum atomic E-state index is -0.642. The highest BCUT2D eigenvalue weighted by molar-refractivity contribution is 5.82. The van der Waals surface area contributed by atoms with E-state index >= 15 is 0 Å². The third-order valence-corrected chi connectivity index (χ3v) is 4.39. The second-order valence-corrected chi connectivity index (χ2v) is 6.70. The van der Waals surface area contributed by atoms with Crippen LogP contribution in [-0.2, 0) is 4.79 Å². The maximum absolute atomic E-state index is 12.3. The van der Waals surface area contributed by atoms with Gasteiger partial charge in [0.05, 0.1) is 11.6 Å². The molecule has 1 heterocycles. The summed E-state index contributed by atoms with van der Waals surface area (Å²) in [5.74, 6) is 0.700. The van der Waals surface area contributed by atoms with Crippen molar-refractivity contribution in [3.05, 3.63) is 0 Å². The molecular weight excluding hydrogens is 240 g/mol. The van der Waals surface area contributed by atoms with Crippen molar-refractivity contribution in [2.75, 3.05) is 19.6 Å². The Labute approximate surface area is 116 Å². The van der Waals surface area contributed by atoms with Gasteiger partial charge in [-0.15, -0.1) is 0 Å². The molecule has 0 spiro atoms. The van der Waals surface area contributed by atoms with Gasteiger partial charge in [-0.25, -0.2) is 0 Å². The Kier molecular flexibility index (Phi) is 4.85. The van der Waals surface area contributed by atoms with Crippen LogP contribution in [0, 0.1) is 5.92 Å². The van der Waals surface area contributed by atoms with E-state index in [-0.39, 0.29) is 11.9 Å². The summed E-state index contributed by atoms with van der Waals surface area (Å²) in [6, 6.07) is 0.0207. The molecule has 0 aromatic rings. The Morgan fingerprint density at radius 3 is 2.68 bits per heavy atom. The van der Waals surface area contributed by atoms with E-state index in [1.54, 1.807) is 0 Å². The third-order valence-electron chi connectivity index (χ3n) is 4.39. The summed E-state index contributed by atoms with van der Waals surface area (Å²) < 4.78 is 0. The number of hydrogen-bond donors (Lipinski definition) is 2. The van der Waals surface area contributed by atoms with E-state index < -0.39 is 5.60 Å². The van der Waals surface area contributed by atoms with E-state index in [2.05, 4.69) is 24.1 Å². The largest absolute Gasteiger partial charge is 0.388 e. The number of hydrogen-bond acceptors (Lipinski definition) is 3. The molecule has 2 N–H and O–H groups in total. The standard InChI is InChI=1S/C15H28N2O2/c1-12(2)10-17-9-5-6-13(17)14(18)16-11-15(19)7-3-4-8-15/h12-13,19H,3-11H2,1-2H3,(H,16,18)/t13-/m1/s1. The van der Waals surface area contributed by atoms with Crippen molar-refractivity contribution in [2.45, 2.75) is 64.0 Å². The Morgan fingerprint density at radius 1 is 1.37 bits per heavy atom. The first kappa shape index (κ1) is 14.8. The van der Waals surface area contributed by atoms with Crippen LogP contribution in [0.25, 0.3) is 0 Å². The van der Waals surface area contributed by atoms with Crippen molar-refractivity contribution < 1.29 is 9.90 Å². The van der Waals surface area contributed by atoms with Gasteiger partial charge >= 0.3 is 0 Å². The van der Waals surface area contributed by atoms with Crippen molar-refractivity contribution >= 4 is 5.91 Å². The lowest BCUT2D eigenvalue weighted by Gasteiger charge is -2.27. The van der Waals surface area contributed by atoms with Crippen LogP contribution in [0.3, 0.4) is 0 Å². The minimum Gasteiger partial charge on any atom is -0.388 e. The van der Waals surface area contributed by atoms with E-state index in [4.69, 9.17) is 0 Å². The number of aliphatic hydroxyl groups is 1. The molecule has 19 heavy (non-hydrogen) atoms. The first-order valence-corrected chi connectivity index (χ1v) is 7.74. The second kappa shape index (κ2) is 6.23. The van der Waals surface area contributed by atoms with E-state index in [9.17, 15) is 9.90 Å². The number of amides is 1. The van der Waals surface area contributed by atoms with E-state index in [0.717, 1.165) is 51.6 Å². The normalized spacial score (nSPS) is 27.1. The molecule has 1 aliphatic carbocycles. The maximum atomic E-state index is 12.3. The molecule has 0 bridgehead atoms.